The molecule has 0 saturated heterocycles. The van der Waals surface area contributed by atoms with Crippen LogP contribution in [0.2, 0.25) is 0 Å². The van der Waals surface area contributed by atoms with Gasteiger partial charge in [-0.2, -0.15) is 0 Å². The fourth-order valence-electron chi connectivity index (χ4n) is 1.99. The molecule has 0 bridgehead atoms. The zero-order valence-electron chi connectivity index (χ0n) is 12.5. The van der Waals surface area contributed by atoms with Crippen molar-refractivity contribution in [1.82, 2.24) is 0 Å². The second kappa shape index (κ2) is 7.35. The molecule has 118 valence electrons. The van der Waals surface area contributed by atoms with E-state index in [4.69, 9.17) is 0 Å². The lowest BCUT2D eigenvalue weighted by Gasteiger charge is -2.08. The molecule has 0 aliphatic heterocycles. The van der Waals surface area contributed by atoms with Crippen LogP contribution < -0.4 is 5.32 Å². The lowest BCUT2D eigenvalue weighted by molar-refractivity contribution is -0.115. The van der Waals surface area contributed by atoms with Crippen molar-refractivity contribution >= 4 is 29.7 Å². The highest BCUT2D eigenvalue weighted by atomic mass is 19.1. The van der Waals surface area contributed by atoms with E-state index in [2.05, 4.69) is 5.32 Å². The molecule has 2 rings (SSSR count). The highest BCUT2D eigenvalue weighted by Gasteiger charge is 2.12. The van der Waals surface area contributed by atoms with Gasteiger partial charge in [0.05, 0.1) is 11.3 Å². The molecule has 0 aliphatic carbocycles. The van der Waals surface area contributed by atoms with Gasteiger partial charge >= 0.3 is 5.97 Å². The van der Waals surface area contributed by atoms with Gasteiger partial charge < -0.3 is 10.4 Å². The normalized spacial score (nSPS) is 10.7. The smallest absolute Gasteiger partial charge is 0.337 e. The van der Waals surface area contributed by atoms with Gasteiger partial charge in [-0.1, -0.05) is 43.3 Å². The van der Waals surface area contributed by atoms with Crippen LogP contribution in [0.5, 0.6) is 0 Å². The highest BCUT2D eigenvalue weighted by molar-refractivity contribution is 6.01. The number of anilines is 1. The van der Waals surface area contributed by atoms with Crippen LogP contribution in [0.4, 0.5) is 10.1 Å². The van der Waals surface area contributed by atoms with E-state index in [0.717, 1.165) is 0 Å². The van der Waals surface area contributed by atoms with E-state index >= 15 is 0 Å². The first-order chi connectivity index (χ1) is 11.0. The summed E-state index contributed by atoms with van der Waals surface area (Å²) in [6.45, 7) is 1.68. The predicted octanol–water partition coefficient (Wildman–Crippen LogP) is 4.04. The molecule has 0 aromatic heterocycles. The van der Waals surface area contributed by atoms with Crippen LogP contribution in [-0.2, 0) is 4.79 Å². The van der Waals surface area contributed by atoms with Crippen molar-refractivity contribution in [3.05, 3.63) is 65.0 Å². The first kappa shape index (κ1) is 16.4. The molecule has 0 radical (unpaired) electrons. The lowest BCUT2D eigenvalue weighted by atomic mass is 10.1. The van der Waals surface area contributed by atoms with E-state index < -0.39 is 5.97 Å². The molecule has 5 heteroatoms. The number of aromatic carboxylic acids is 1. The Kier molecular flexibility index (Phi) is 5.25. The minimum atomic E-state index is -1.14. The molecule has 0 heterocycles. The van der Waals surface area contributed by atoms with Crippen molar-refractivity contribution < 1.29 is 19.1 Å². The SMILES string of the molecule is CCC(=O)Nc1ccc(/C=C/c2ccccc2F)cc1C(=O)O. The van der Waals surface area contributed by atoms with Gasteiger partial charge in [-0.3, -0.25) is 4.79 Å². The Balaban J connectivity index is 2.31. The molecule has 2 aromatic rings. The van der Waals surface area contributed by atoms with Gasteiger partial charge in [-0.25, -0.2) is 9.18 Å². The molecule has 2 aromatic carbocycles. The second-order valence-corrected chi connectivity index (χ2v) is 4.87. The van der Waals surface area contributed by atoms with Crippen molar-refractivity contribution in [3.63, 3.8) is 0 Å². The molecule has 23 heavy (non-hydrogen) atoms. The third kappa shape index (κ3) is 4.26. The fourth-order valence-corrected chi connectivity index (χ4v) is 1.99. The Labute approximate surface area is 133 Å². The maximum absolute atomic E-state index is 13.6. The Bertz CT molecular complexity index is 769. The standard InChI is InChI=1S/C18H16FNO3/c1-2-17(21)20-16-10-8-12(11-14(16)18(22)23)7-9-13-5-3-4-6-15(13)19/h3-11H,2H2,1H3,(H,20,21)(H,22,23)/b9-7+. The summed E-state index contributed by atoms with van der Waals surface area (Å²) >= 11 is 0. The Morgan fingerprint density at radius 2 is 1.91 bits per heavy atom. The van der Waals surface area contributed by atoms with Crippen LogP contribution in [0, 0.1) is 5.82 Å². The van der Waals surface area contributed by atoms with Gasteiger partial charge in [0.15, 0.2) is 0 Å². The zero-order chi connectivity index (χ0) is 16.8. The predicted molar refractivity (Wildman–Crippen MR) is 87.7 cm³/mol. The topological polar surface area (TPSA) is 66.4 Å². The largest absolute Gasteiger partial charge is 0.478 e. The molecular weight excluding hydrogens is 297 g/mol. The summed E-state index contributed by atoms with van der Waals surface area (Å²) in [6.07, 6.45) is 3.45. The van der Waals surface area contributed by atoms with E-state index in [1.54, 1.807) is 43.3 Å². The van der Waals surface area contributed by atoms with E-state index in [-0.39, 0.29) is 29.4 Å². The molecule has 0 saturated carbocycles. The molecule has 1 amide bonds. The van der Waals surface area contributed by atoms with Crippen molar-refractivity contribution in [2.75, 3.05) is 5.32 Å². The Morgan fingerprint density at radius 3 is 2.57 bits per heavy atom. The number of nitrogens with one attached hydrogen (secondary N) is 1. The number of amides is 1. The first-order valence-corrected chi connectivity index (χ1v) is 7.11. The van der Waals surface area contributed by atoms with Crippen LogP contribution in [0.15, 0.2) is 42.5 Å². The van der Waals surface area contributed by atoms with Gasteiger partial charge in [-0.05, 0) is 23.8 Å². The zero-order valence-corrected chi connectivity index (χ0v) is 12.5. The van der Waals surface area contributed by atoms with Gasteiger partial charge in [0.25, 0.3) is 0 Å². The van der Waals surface area contributed by atoms with Crippen molar-refractivity contribution in [2.45, 2.75) is 13.3 Å². The van der Waals surface area contributed by atoms with Crippen LogP contribution in [0.3, 0.4) is 0 Å². The Hall–Kier alpha value is -2.95. The van der Waals surface area contributed by atoms with Crippen LogP contribution in [0.25, 0.3) is 12.2 Å². The maximum Gasteiger partial charge on any atom is 0.337 e. The van der Waals surface area contributed by atoms with E-state index in [9.17, 15) is 19.1 Å². The minimum Gasteiger partial charge on any atom is -0.478 e. The molecular formula is C18H16FNO3. The maximum atomic E-state index is 13.6. The summed E-state index contributed by atoms with van der Waals surface area (Å²) in [5.74, 6) is -1.76. The van der Waals surface area contributed by atoms with Gasteiger partial charge in [0.1, 0.15) is 5.82 Å². The Morgan fingerprint density at radius 1 is 1.17 bits per heavy atom. The first-order valence-electron chi connectivity index (χ1n) is 7.11. The summed E-state index contributed by atoms with van der Waals surface area (Å²) in [4.78, 5) is 22.8. The minimum absolute atomic E-state index is 0.0116. The fraction of sp³-hybridized carbons (Fsp3) is 0.111. The number of carboxylic acids is 1. The lowest BCUT2D eigenvalue weighted by Crippen LogP contribution is -2.13. The monoisotopic (exact) mass is 313 g/mol. The highest BCUT2D eigenvalue weighted by Crippen LogP contribution is 2.20. The van der Waals surface area contributed by atoms with Crippen molar-refractivity contribution in [2.24, 2.45) is 0 Å². The number of carbonyl (C=O) groups excluding carboxylic acids is 1. The van der Waals surface area contributed by atoms with Gasteiger partial charge in [0, 0.05) is 12.0 Å². The quantitative estimate of drug-likeness (QED) is 0.819. The van der Waals surface area contributed by atoms with E-state index in [0.29, 0.717) is 11.1 Å². The molecule has 2 N–H and O–H groups in total. The van der Waals surface area contributed by atoms with Crippen molar-refractivity contribution in [3.8, 4) is 0 Å². The molecule has 0 unspecified atom stereocenters. The van der Waals surface area contributed by atoms with Crippen LogP contribution in [-0.4, -0.2) is 17.0 Å². The number of benzene rings is 2. The number of halogens is 1. The molecule has 4 nitrogen and oxygen atoms in total. The van der Waals surface area contributed by atoms with E-state index in [1.807, 2.05) is 0 Å². The average molecular weight is 313 g/mol. The van der Waals surface area contributed by atoms with E-state index in [1.165, 1.54) is 18.2 Å². The number of carboxylic acid groups (broad SMARTS) is 1. The summed E-state index contributed by atoms with van der Waals surface area (Å²) < 4.78 is 13.6. The van der Waals surface area contributed by atoms with Crippen molar-refractivity contribution in [1.29, 1.82) is 0 Å². The average Bonchev–Trinajstić information content (AvgIpc) is 2.54. The molecule has 0 spiro atoms. The molecule has 0 aliphatic rings. The number of carbonyl (C=O) groups is 2. The summed E-state index contributed by atoms with van der Waals surface area (Å²) in [5, 5.41) is 11.8. The number of hydrogen-bond acceptors (Lipinski definition) is 2. The third-order valence-electron chi connectivity index (χ3n) is 3.23. The third-order valence-corrected chi connectivity index (χ3v) is 3.23. The number of rotatable bonds is 5. The summed E-state index contributed by atoms with van der Waals surface area (Å²) in [6, 6.07) is 10.9. The molecule has 0 atom stereocenters. The summed E-state index contributed by atoms with van der Waals surface area (Å²) in [5.41, 5.74) is 1.24. The summed E-state index contributed by atoms with van der Waals surface area (Å²) in [7, 11) is 0. The number of hydrogen-bond donors (Lipinski definition) is 2. The van der Waals surface area contributed by atoms with Gasteiger partial charge in [0.2, 0.25) is 5.91 Å². The van der Waals surface area contributed by atoms with Crippen LogP contribution in [0.1, 0.15) is 34.8 Å². The second-order valence-electron chi connectivity index (χ2n) is 4.87. The molecule has 0 fully saturated rings. The van der Waals surface area contributed by atoms with Gasteiger partial charge in [-0.15, -0.1) is 0 Å². The van der Waals surface area contributed by atoms with Crippen LogP contribution >= 0.6 is 0 Å².